The van der Waals surface area contributed by atoms with Crippen LogP contribution in [0.1, 0.15) is 17.3 Å². The molecule has 2 N–H and O–H groups in total. The Balaban J connectivity index is 3.21. The summed E-state index contributed by atoms with van der Waals surface area (Å²) in [5.41, 5.74) is -0.150. The molecule has 0 saturated heterocycles. The highest BCUT2D eigenvalue weighted by molar-refractivity contribution is 5.93. The highest BCUT2D eigenvalue weighted by Crippen LogP contribution is 2.22. The normalized spacial score (nSPS) is 9.67. The lowest BCUT2D eigenvalue weighted by Crippen LogP contribution is -2.04. The number of rotatable bonds is 4. The van der Waals surface area contributed by atoms with Gasteiger partial charge in [-0.15, -0.1) is 0 Å². The number of nitro groups is 1. The van der Waals surface area contributed by atoms with Crippen LogP contribution in [0.3, 0.4) is 0 Å². The van der Waals surface area contributed by atoms with Gasteiger partial charge in [0.1, 0.15) is 5.56 Å². The van der Waals surface area contributed by atoms with Gasteiger partial charge in [-0.3, -0.25) is 10.1 Å². The largest absolute Gasteiger partial charge is 0.477 e. The molecule has 15 heavy (non-hydrogen) atoms. The van der Waals surface area contributed by atoms with E-state index in [2.05, 4.69) is 5.32 Å². The van der Waals surface area contributed by atoms with Crippen LogP contribution in [-0.4, -0.2) is 22.5 Å². The van der Waals surface area contributed by atoms with Crippen LogP contribution in [0.5, 0.6) is 0 Å². The third-order valence-corrected chi connectivity index (χ3v) is 1.80. The van der Waals surface area contributed by atoms with Crippen LogP contribution in [0.4, 0.5) is 11.4 Å². The Labute approximate surface area is 85.7 Å². The predicted octanol–water partition coefficient (Wildman–Crippen LogP) is 1.72. The van der Waals surface area contributed by atoms with Crippen LogP contribution >= 0.6 is 0 Å². The van der Waals surface area contributed by atoms with E-state index in [4.69, 9.17) is 5.11 Å². The second-order valence-corrected chi connectivity index (χ2v) is 2.82. The molecule has 0 bridgehead atoms. The SMILES string of the molecule is CCNc1ccc([N+](=O)[O-])c(C(=O)O)c1. The number of carboxylic acid groups (broad SMARTS) is 1. The summed E-state index contributed by atoms with van der Waals surface area (Å²) < 4.78 is 0. The van der Waals surface area contributed by atoms with Gasteiger partial charge in [-0.2, -0.15) is 0 Å². The van der Waals surface area contributed by atoms with Crippen molar-refractivity contribution < 1.29 is 14.8 Å². The molecule has 1 rings (SSSR count). The van der Waals surface area contributed by atoms with Crippen molar-refractivity contribution in [3.05, 3.63) is 33.9 Å². The van der Waals surface area contributed by atoms with Gasteiger partial charge < -0.3 is 10.4 Å². The zero-order valence-corrected chi connectivity index (χ0v) is 8.06. The Morgan fingerprint density at radius 1 is 1.60 bits per heavy atom. The minimum atomic E-state index is -1.30. The zero-order chi connectivity index (χ0) is 11.4. The number of anilines is 1. The molecule has 1 aromatic carbocycles. The van der Waals surface area contributed by atoms with E-state index in [1.807, 2.05) is 6.92 Å². The van der Waals surface area contributed by atoms with Crippen molar-refractivity contribution in [2.24, 2.45) is 0 Å². The molecule has 0 saturated carbocycles. The molecule has 0 aliphatic carbocycles. The van der Waals surface area contributed by atoms with E-state index in [0.717, 1.165) is 0 Å². The quantitative estimate of drug-likeness (QED) is 0.583. The first-order chi connectivity index (χ1) is 7.06. The molecule has 0 aliphatic rings. The summed E-state index contributed by atoms with van der Waals surface area (Å²) >= 11 is 0. The summed E-state index contributed by atoms with van der Waals surface area (Å²) in [6, 6.07) is 3.92. The smallest absolute Gasteiger partial charge is 0.342 e. The summed E-state index contributed by atoms with van der Waals surface area (Å²) in [4.78, 5) is 20.6. The molecule has 0 unspecified atom stereocenters. The fourth-order valence-corrected chi connectivity index (χ4v) is 1.18. The lowest BCUT2D eigenvalue weighted by Gasteiger charge is -2.04. The van der Waals surface area contributed by atoms with Crippen LogP contribution in [-0.2, 0) is 0 Å². The van der Waals surface area contributed by atoms with Crippen LogP contribution in [0.15, 0.2) is 18.2 Å². The number of carbonyl (C=O) groups is 1. The molecule has 0 aliphatic heterocycles. The average Bonchev–Trinajstić information content (AvgIpc) is 2.17. The molecule has 0 amide bonds. The van der Waals surface area contributed by atoms with Crippen molar-refractivity contribution in [3.8, 4) is 0 Å². The molecule has 0 atom stereocenters. The first-order valence-electron chi connectivity index (χ1n) is 4.32. The van der Waals surface area contributed by atoms with E-state index in [-0.39, 0.29) is 5.56 Å². The van der Waals surface area contributed by atoms with Crippen LogP contribution < -0.4 is 5.32 Å². The number of aromatic carboxylic acids is 1. The second kappa shape index (κ2) is 4.41. The van der Waals surface area contributed by atoms with E-state index in [0.29, 0.717) is 12.2 Å². The Hall–Kier alpha value is -2.11. The van der Waals surface area contributed by atoms with Gasteiger partial charge in [-0.25, -0.2) is 4.79 Å². The Kier molecular flexibility index (Phi) is 3.22. The van der Waals surface area contributed by atoms with Crippen molar-refractivity contribution in [3.63, 3.8) is 0 Å². The molecular formula is C9H10N2O4. The van der Waals surface area contributed by atoms with Gasteiger partial charge in [0.05, 0.1) is 4.92 Å². The van der Waals surface area contributed by atoms with Crippen molar-refractivity contribution in [2.75, 3.05) is 11.9 Å². The lowest BCUT2D eigenvalue weighted by atomic mass is 10.1. The molecule has 0 heterocycles. The van der Waals surface area contributed by atoms with Crippen LogP contribution in [0.25, 0.3) is 0 Å². The maximum atomic E-state index is 10.8. The summed E-state index contributed by atoms with van der Waals surface area (Å²) in [6.45, 7) is 2.47. The van der Waals surface area contributed by atoms with Gasteiger partial charge in [-0.1, -0.05) is 0 Å². The van der Waals surface area contributed by atoms with Crippen LogP contribution in [0.2, 0.25) is 0 Å². The zero-order valence-electron chi connectivity index (χ0n) is 8.06. The highest BCUT2D eigenvalue weighted by atomic mass is 16.6. The number of hydrogen-bond acceptors (Lipinski definition) is 4. The van der Waals surface area contributed by atoms with Gasteiger partial charge >= 0.3 is 5.97 Å². The summed E-state index contributed by atoms with van der Waals surface area (Å²) in [6.07, 6.45) is 0. The fraction of sp³-hybridized carbons (Fsp3) is 0.222. The maximum absolute atomic E-state index is 10.8. The Morgan fingerprint density at radius 2 is 2.27 bits per heavy atom. The topological polar surface area (TPSA) is 92.5 Å². The standard InChI is InChI=1S/C9H10N2O4/c1-2-10-6-3-4-8(11(14)15)7(5-6)9(12)13/h3-5,10H,2H2,1H3,(H,12,13). The number of nitrogens with one attached hydrogen (secondary N) is 1. The number of hydrogen-bond donors (Lipinski definition) is 2. The molecule has 80 valence electrons. The Bertz CT molecular complexity index is 403. The van der Waals surface area contributed by atoms with Crippen LogP contribution in [0, 0.1) is 10.1 Å². The third-order valence-electron chi connectivity index (χ3n) is 1.80. The van der Waals surface area contributed by atoms with Crippen molar-refractivity contribution in [2.45, 2.75) is 6.92 Å². The molecular weight excluding hydrogens is 200 g/mol. The van der Waals surface area contributed by atoms with Crippen molar-refractivity contribution >= 4 is 17.3 Å². The second-order valence-electron chi connectivity index (χ2n) is 2.82. The number of nitro benzene ring substituents is 1. The lowest BCUT2D eigenvalue weighted by molar-refractivity contribution is -0.385. The van der Waals surface area contributed by atoms with Gasteiger partial charge in [-0.05, 0) is 19.1 Å². The van der Waals surface area contributed by atoms with Gasteiger partial charge in [0.15, 0.2) is 0 Å². The number of benzene rings is 1. The predicted molar refractivity (Wildman–Crippen MR) is 54.2 cm³/mol. The first-order valence-corrected chi connectivity index (χ1v) is 4.32. The van der Waals surface area contributed by atoms with Gasteiger partial charge in [0.2, 0.25) is 0 Å². The van der Waals surface area contributed by atoms with E-state index in [1.165, 1.54) is 18.2 Å². The number of nitrogens with zero attached hydrogens (tertiary/aromatic N) is 1. The van der Waals surface area contributed by atoms with Crippen molar-refractivity contribution in [1.82, 2.24) is 0 Å². The average molecular weight is 210 g/mol. The summed E-state index contributed by atoms with van der Waals surface area (Å²) in [7, 11) is 0. The molecule has 0 spiro atoms. The number of carboxylic acids is 1. The fourth-order valence-electron chi connectivity index (χ4n) is 1.18. The van der Waals surface area contributed by atoms with E-state index in [1.54, 1.807) is 0 Å². The molecule has 6 nitrogen and oxygen atoms in total. The highest BCUT2D eigenvalue weighted by Gasteiger charge is 2.19. The Morgan fingerprint density at radius 3 is 2.73 bits per heavy atom. The van der Waals surface area contributed by atoms with Gasteiger partial charge in [0, 0.05) is 18.3 Å². The van der Waals surface area contributed by atoms with E-state index >= 15 is 0 Å². The maximum Gasteiger partial charge on any atom is 0.342 e. The summed E-state index contributed by atoms with van der Waals surface area (Å²) in [5, 5.41) is 22.2. The summed E-state index contributed by atoms with van der Waals surface area (Å²) in [5.74, 6) is -1.30. The van der Waals surface area contributed by atoms with Gasteiger partial charge in [0.25, 0.3) is 5.69 Å². The molecule has 0 fully saturated rings. The first kappa shape index (κ1) is 11.0. The van der Waals surface area contributed by atoms with Crippen molar-refractivity contribution in [1.29, 1.82) is 0 Å². The molecule has 6 heteroatoms. The van der Waals surface area contributed by atoms with E-state index in [9.17, 15) is 14.9 Å². The molecule has 0 aromatic heterocycles. The minimum absolute atomic E-state index is 0.307. The molecule has 0 radical (unpaired) electrons. The van der Waals surface area contributed by atoms with E-state index < -0.39 is 16.6 Å². The minimum Gasteiger partial charge on any atom is -0.477 e. The third kappa shape index (κ3) is 2.43. The molecule has 1 aromatic rings. The monoisotopic (exact) mass is 210 g/mol.